The molecule has 1 aromatic heterocycles. The van der Waals surface area contributed by atoms with Crippen LogP contribution in [-0.4, -0.2) is 17.1 Å². The van der Waals surface area contributed by atoms with Gasteiger partial charge in [-0.3, -0.25) is 15.1 Å². The predicted octanol–water partition coefficient (Wildman–Crippen LogP) is 5.54. The van der Waals surface area contributed by atoms with Gasteiger partial charge in [0, 0.05) is 17.3 Å². The summed E-state index contributed by atoms with van der Waals surface area (Å²) < 4.78 is 0. The lowest BCUT2D eigenvalue weighted by atomic mass is 10.1. The summed E-state index contributed by atoms with van der Waals surface area (Å²) in [5.41, 5.74) is 7.36. The third-order valence-electron chi connectivity index (χ3n) is 3.91. The first-order valence-electron chi connectivity index (χ1n) is 8.33. The van der Waals surface area contributed by atoms with Crippen LogP contribution in [0.5, 0.6) is 0 Å². The van der Waals surface area contributed by atoms with Crippen molar-refractivity contribution in [2.24, 2.45) is 5.10 Å². The third-order valence-corrected chi connectivity index (χ3v) is 5.01. The molecular formula is C20H19ClN4OS. The second-order valence-electron chi connectivity index (χ2n) is 6.03. The van der Waals surface area contributed by atoms with Crippen LogP contribution >= 0.6 is 22.9 Å². The fourth-order valence-corrected chi connectivity index (χ4v) is 3.63. The van der Waals surface area contributed by atoms with Crippen molar-refractivity contribution < 1.29 is 4.79 Å². The maximum absolute atomic E-state index is 12.3. The highest BCUT2D eigenvalue weighted by atomic mass is 35.5. The summed E-state index contributed by atoms with van der Waals surface area (Å²) >= 11 is 7.27. The first-order chi connectivity index (χ1) is 13.0. The minimum atomic E-state index is -0.0791. The van der Waals surface area contributed by atoms with E-state index in [1.54, 1.807) is 30.2 Å². The molecule has 0 radical (unpaired) electrons. The van der Waals surface area contributed by atoms with Crippen molar-refractivity contribution in [2.75, 3.05) is 10.3 Å². The predicted molar refractivity (Wildman–Crippen MR) is 114 cm³/mol. The van der Waals surface area contributed by atoms with Crippen LogP contribution in [0.15, 0.2) is 52.9 Å². The Bertz CT molecular complexity index is 962. The highest BCUT2D eigenvalue weighted by molar-refractivity contribution is 7.14. The molecule has 0 saturated heterocycles. The van der Waals surface area contributed by atoms with Crippen LogP contribution in [0.4, 0.5) is 16.5 Å². The molecule has 1 N–H and O–H groups in total. The Hall–Kier alpha value is -2.70. The zero-order valence-electron chi connectivity index (χ0n) is 15.2. The van der Waals surface area contributed by atoms with Crippen LogP contribution in [0.25, 0.3) is 0 Å². The summed E-state index contributed by atoms with van der Waals surface area (Å²) in [5.74, 6) is -0.0791. The number of hydrazone groups is 1. The lowest BCUT2D eigenvalue weighted by Crippen LogP contribution is -2.24. The zero-order chi connectivity index (χ0) is 19.4. The van der Waals surface area contributed by atoms with Crippen molar-refractivity contribution in [1.82, 2.24) is 4.98 Å². The monoisotopic (exact) mass is 398 g/mol. The van der Waals surface area contributed by atoms with Gasteiger partial charge < -0.3 is 0 Å². The Morgan fingerprint density at radius 1 is 1.19 bits per heavy atom. The number of anilines is 3. The maximum atomic E-state index is 12.3. The normalized spacial score (nSPS) is 11.0. The van der Waals surface area contributed by atoms with E-state index in [1.807, 2.05) is 49.6 Å². The molecule has 0 aliphatic heterocycles. The van der Waals surface area contributed by atoms with Gasteiger partial charge in [-0.25, -0.2) is 4.98 Å². The summed E-state index contributed by atoms with van der Waals surface area (Å²) in [6.45, 7) is 5.53. The van der Waals surface area contributed by atoms with Gasteiger partial charge in [-0.05, 0) is 49.2 Å². The number of hydrogen-bond donors (Lipinski definition) is 1. The molecule has 3 rings (SSSR count). The molecule has 0 unspecified atom stereocenters. The van der Waals surface area contributed by atoms with E-state index in [-0.39, 0.29) is 5.91 Å². The maximum Gasteiger partial charge on any atom is 0.230 e. The average molecular weight is 399 g/mol. The smallest absolute Gasteiger partial charge is 0.230 e. The third kappa shape index (κ3) is 4.53. The second-order valence-corrected chi connectivity index (χ2v) is 7.30. The quantitative estimate of drug-likeness (QED) is 0.453. The molecule has 1 heterocycles. The first kappa shape index (κ1) is 19.1. The van der Waals surface area contributed by atoms with Gasteiger partial charge in [0.2, 0.25) is 5.91 Å². The number of para-hydroxylation sites is 1. The lowest BCUT2D eigenvalue weighted by Gasteiger charge is -2.22. The van der Waals surface area contributed by atoms with Crippen molar-refractivity contribution in [2.45, 2.75) is 20.8 Å². The van der Waals surface area contributed by atoms with Crippen molar-refractivity contribution in [3.8, 4) is 0 Å². The fraction of sp³-hybridized carbons (Fsp3) is 0.150. The highest BCUT2D eigenvalue weighted by Crippen LogP contribution is 2.33. The molecule has 0 spiro atoms. The van der Waals surface area contributed by atoms with E-state index in [1.165, 1.54) is 11.3 Å². The molecule has 1 amide bonds. The van der Waals surface area contributed by atoms with E-state index in [2.05, 4.69) is 15.5 Å². The number of thiazole rings is 1. The van der Waals surface area contributed by atoms with Crippen LogP contribution in [0.2, 0.25) is 5.02 Å². The largest absolute Gasteiger partial charge is 0.278 e. The van der Waals surface area contributed by atoms with Gasteiger partial charge in [0.15, 0.2) is 5.13 Å². The Balaban J connectivity index is 1.81. The number of hydrogen-bond acceptors (Lipinski definition) is 5. The molecule has 7 heteroatoms. The molecule has 0 saturated carbocycles. The number of rotatable bonds is 5. The fourth-order valence-electron chi connectivity index (χ4n) is 2.68. The number of halogens is 1. The molecule has 3 aromatic rings. The number of nitrogens with one attached hydrogen (secondary N) is 1. The number of carbonyl (C=O) groups is 1. The molecule has 0 aliphatic carbocycles. The Kier molecular flexibility index (Phi) is 5.88. The molecule has 0 atom stereocenters. The summed E-state index contributed by atoms with van der Waals surface area (Å²) in [6.07, 6.45) is 1.62. The van der Waals surface area contributed by atoms with E-state index in [9.17, 15) is 4.79 Å². The van der Waals surface area contributed by atoms with Gasteiger partial charge in [-0.2, -0.15) is 5.10 Å². The van der Waals surface area contributed by atoms with Gasteiger partial charge in [-0.15, -0.1) is 11.3 Å². The number of benzene rings is 2. The van der Waals surface area contributed by atoms with E-state index in [0.717, 1.165) is 22.5 Å². The van der Waals surface area contributed by atoms with Crippen LogP contribution in [-0.2, 0) is 4.79 Å². The Labute approximate surface area is 167 Å². The topological polar surface area (TPSA) is 57.6 Å². The van der Waals surface area contributed by atoms with Gasteiger partial charge in [0.25, 0.3) is 0 Å². The Morgan fingerprint density at radius 3 is 2.48 bits per heavy atom. The molecule has 27 heavy (non-hydrogen) atoms. The van der Waals surface area contributed by atoms with Crippen LogP contribution in [0, 0.1) is 13.8 Å². The number of aryl methyl sites for hydroxylation is 2. The van der Waals surface area contributed by atoms with Gasteiger partial charge in [0.05, 0.1) is 23.3 Å². The van der Waals surface area contributed by atoms with Gasteiger partial charge in [-0.1, -0.05) is 29.8 Å². The van der Waals surface area contributed by atoms with Crippen molar-refractivity contribution >= 4 is 51.6 Å². The SMILES string of the molecule is CC(=O)N(c1nc(/C=N\Nc2ccc(Cl)cc2)cs1)c1c(C)cccc1C. The molecule has 0 bridgehead atoms. The van der Waals surface area contributed by atoms with Crippen molar-refractivity contribution in [3.63, 3.8) is 0 Å². The minimum absolute atomic E-state index is 0.0791. The molecule has 0 fully saturated rings. The molecular weight excluding hydrogens is 380 g/mol. The standard InChI is InChI=1S/C20H19ClN4OS/c1-13-5-4-6-14(2)19(13)25(15(3)26)20-23-18(12-27-20)11-22-24-17-9-7-16(21)8-10-17/h4-12,24H,1-3H3/b22-11-. The molecule has 138 valence electrons. The zero-order valence-corrected chi connectivity index (χ0v) is 16.8. The highest BCUT2D eigenvalue weighted by Gasteiger charge is 2.21. The first-order valence-corrected chi connectivity index (χ1v) is 9.58. The van der Waals surface area contributed by atoms with Crippen molar-refractivity contribution in [1.29, 1.82) is 0 Å². The number of aromatic nitrogens is 1. The molecule has 0 aliphatic rings. The summed E-state index contributed by atoms with van der Waals surface area (Å²) in [4.78, 5) is 18.5. The van der Waals surface area contributed by atoms with Crippen molar-refractivity contribution in [3.05, 3.63) is 69.7 Å². The molecule has 2 aromatic carbocycles. The lowest BCUT2D eigenvalue weighted by molar-refractivity contribution is -0.115. The number of carbonyl (C=O) groups excluding carboxylic acids is 1. The van der Waals surface area contributed by atoms with Gasteiger partial charge >= 0.3 is 0 Å². The summed E-state index contributed by atoms with van der Waals surface area (Å²) in [5, 5.41) is 7.35. The number of amides is 1. The van der Waals surface area contributed by atoms with Crippen LogP contribution in [0.1, 0.15) is 23.7 Å². The van der Waals surface area contributed by atoms with Crippen LogP contribution in [0.3, 0.4) is 0 Å². The van der Waals surface area contributed by atoms with E-state index in [4.69, 9.17) is 11.6 Å². The summed E-state index contributed by atoms with van der Waals surface area (Å²) in [7, 11) is 0. The van der Waals surface area contributed by atoms with Gasteiger partial charge in [0.1, 0.15) is 0 Å². The number of nitrogens with zero attached hydrogens (tertiary/aromatic N) is 3. The molecule has 5 nitrogen and oxygen atoms in total. The second kappa shape index (κ2) is 8.33. The average Bonchev–Trinajstić information content (AvgIpc) is 3.08. The van der Waals surface area contributed by atoms with E-state index >= 15 is 0 Å². The van der Waals surface area contributed by atoms with E-state index in [0.29, 0.717) is 15.8 Å². The van der Waals surface area contributed by atoms with Crippen LogP contribution < -0.4 is 10.3 Å². The van der Waals surface area contributed by atoms with E-state index < -0.39 is 0 Å². The summed E-state index contributed by atoms with van der Waals surface area (Å²) in [6, 6.07) is 13.2. The Morgan fingerprint density at radius 2 is 1.85 bits per heavy atom. The minimum Gasteiger partial charge on any atom is -0.278 e.